The van der Waals surface area contributed by atoms with E-state index >= 15 is 0 Å². The molecular formula is C10H19NS. The Labute approximate surface area is 79.8 Å². The fourth-order valence-electron chi connectivity index (χ4n) is 1.64. The Morgan fingerprint density at radius 2 is 2.42 bits per heavy atom. The molecule has 0 fully saturated rings. The third kappa shape index (κ3) is 3.63. The summed E-state index contributed by atoms with van der Waals surface area (Å²) in [5, 5.41) is 0. The standard InChI is InChI=1S/C10H19NS/c1-12-7-6-9-4-2-3-5-10(11)8-9/h8,10H,2-7,11H2,1H3. The van der Waals surface area contributed by atoms with Crippen molar-refractivity contribution in [3.8, 4) is 0 Å². The van der Waals surface area contributed by atoms with Crippen molar-refractivity contribution in [1.29, 1.82) is 0 Å². The molecule has 0 heterocycles. The number of rotatable bonds is 3. The van der Waals surface area contributed by atoms with Crippen molar-refractivity contribution in [2.24, 2.45) is 5.73 Å². The van der Waals surface area contributed by atoms with Crippen LogP contribution in [0.5, 0.6) is 0 Å². The topological polar surface area (TPSA) is 26.0 Å². The molecule has 0 bridgehead atoms. The molecule has 2 heteroatoms. The van der Waals surface area contributed by atoms with E-state index < -0.39 is 0 Å². The van der Waals surface area contributed by atoms with Gasteiger partial charge >= 0.3 is 0 Å². The molecule has 1 aliphatic carbocycles. The second kappa shape index (κ2) is 5.65. The maximum atomic E-state index is 5.91. The van der Waals surface area contributed by atoms with E-state index in [0.717, 1.165) is 0 Å². The summed E-state index contributed by atoms with van der Waals surface area (Å²) in [5.74, 6) is 1.25. The fraction of sp³-hybridized carbons (Fsp3) is 0.800. The number of thioether (sulfide) groups is 1. The van der Waals surface area contributed by atoms with Gasteiger partial charge in [0.2, 0.25) is 0 Å². The molecule has 0 aromatic rings. The van der Waals surface area contributed by atoms with E-state index in [2.05, 4.69) is 12.3 Å². The van der Waals surface area contributed by atoms with Gasteiger partial charge < -0.3 is 5.73 Å². The number of allylic oxidation sites excluding steroid dienone is 1. The summed E-state index contributed by atoms with van der Waals surface area (Å²) in [4.78, 5) is 0. The molecule has 1 unspecified atom stereocenters. The lowest BCUT2D eigenvalue weighted by atomic mass is 10.1. The van der Waals surface area contributed by atoms with Crippen LogP contribution in [0.3, 0.4) is 0 Å². The largest absolute Gasteiger partial charge is 0.324 e. The lowest BCUT2D eigenvalue weighted by Gasteiger charge is -2.04. The smallest absolute Gasteiger partial charge is 0.0226 e. The molecule has 0 amide bonds. The van der Waals surface area contributed by atoms with Crippen molar-refractivity contribution in [3.05, 3.63) is 11.6 Å². The van der Waals surface area contributed by atoms with Crippen LogP contribution in [0.25, 0.3) is 0 Å². The molecule has 1 rings (SSSR count). The maximum Gasteiger partial charge on any atom is 0.0226 e. The van der Waals surface area contributed by atoms with Gasteiger partial charge in [-0.25, -0.2) is 0 Å². The molecule has 1 nitrogen and oxygen atoms in total. The van der Waals surface area contributed by atoms with Crippen LogP contribution in [0.2, 0.25) is 0 Å². The minimum atomic E-state index is 0.337. The van der Waals surface area contributed by atoms with Crippen molar-refractivity contribution in [2.75, 3.05) is 12.0 Å². The summed E-state index contributed by atoms with van der Waals surface area (Å²) in [5.41, 5.74) is 7.51. The first-order valence-electron chi connectivity index (χ1n) is 4.77. The summed E-state index contributed by atoms with van der Waals surface area (Å²) in [6, 6.07) is 0.337. The third-order valence-corrected chi connectivity index (χ3v) is 2.97. The summed E-state index contributed by atoms with van der Waals surface area (Å²) in [6.07, 6.45) is 10.8. The van der Waals surface area contributed by atoms with Gasteiger partial charge in [0.25, 0.3) is 0 Å². The molecule has 0 aromatic carbocycles. The molecule has 0 radical (unpaired) electrons. The van der Waals surface area contributed by atoms with Gasteiger partial charge in [-0.3, -0.25) is 0 Å². The zero-order chi connectivity index (χ0) is 8.81. The van der Waals surface area contributed by atoms with Crippen molar-refractivity contribution >= 4 is 11.8 Å². The van der Waals surface area contributed by atoms with E-state index in [-0.39, 0.29) is 0 Å². The molecule has 12 heavy (non-hydrogen) atoms. The first-order valence-corrected chi connectivity index (χ1v) is 6.16. The van der Waals surface area contributed by atoms with E-state index in [9.17, 15) is 0 Å². The average Bonchev–Trinajstić information content (AvgIpc) is 2.26. The number of hydrogen-bond acceptors (Lipinski definition) is 2. The predicted molar refractivity (Wildman–Crippen MR) is 57.5 cm³/mol. The van der Waals surface area contributed by atoms with Crippen LogP contribution in [0.15, 0.2) is 11.6 Å². The van der Waals surface area contributed by atoms with Crippen LogP contribution in [0, 0.1) is 0 Å². The van der Waals surface area contributed by atoms with Gasteiger partial charge in [0, 0.05) is 6.04 Å². The normalized spacial score (nSPS) is 24.8. The zero-order valence-corrected chi connectivity index (χ0v) is 8.70. The SMILES string of the molecule is CSCCC1=CC(N)CCCC1. The van der Waals surface area contributed by atoms with Crippen molar-refractivity contribution < 1.29 is 0 Å². The van der Waals surface area contributed by atoms with Gasteiger partial charge in [0.05, 0.1) is 0 Å². The third-order valence-electron chi connectivity index (χ3n) is 2.36. The van der Waals surface area contributed by atoms with Gasteiger partial charge in [-0.15, -0.1) is 0 Å². The van der Waals surface area contributed by atoms with Gasteiger partial charge in [0.1, 0.15) is 0 Å². The summed E-state index contributed by atoms with van der Waals surface area (Å²) >= 11 is 1.92. The van der Waals surface area contributed by atoms with Crippen LogP contribution in [0.4, 0.5) is 0 Å². The van der Waals surface area contributed by atoms with Crippen molar-refractivity contribution in [1.82, 2.24) is 0 Å². The second-order valence-electron chi connectivity index (χ2n) is 3.48. The molecule has 2 N–H and O–H groups in total. The van der Waals surface area contributed by atoms with Crippen LogP contribution in [-0.4, -0.2) is 18.1 Å². The Bertz CT molecular complexity index is 154. The fourth-order valence-corrected chi connectivity index (χ4v) is 2.11. The molecule has 0 saturated carbocycles. The molecule has 1 atom stereocenters. The highest BCUT2D eigenvalue weighted by Gasteiger charge is 2.07. The molecule has 0 aromatic heterocycles. The molecule has 70 valence electrons. The van der Waals surface area contributed by atoms with Crippen LogP contribution in [-0.2, 0) is 0 Å². The van der Waals surface area contributed by atoms with Crippen LogP contribution >= 0.6 is 11.8 Å². The van der Waals surface area contributed by atoms with E-state index in [1.54, 1.807) is 5.57 Å². The van der Waals surface area contributed by atoms with Crippen LogP contribution in [0.1, 0.15) is 32.1 Å². The average molecular weight is 185 g/mol. The van der Waals surface area contributed by atoms with Gasteiger partial charge in [-0.1, -0.05) is 18.1 Å². The van der Waals surface area contributed by atoms with Crippen molar-refractivity contribution in [3.63, 3.8) is 0 Å². The number of hydrogen-bond donors (Lipinski definition) is 1. The van der Waals surface area contributed by atoms with E-state index in [1.807, 2.05) is 11.8 Å². The van der Waals surface area contributed by atoms with Crippen molar-refractivity contribution in [2.45, 2.75) is 38.1 Å². The Kier molecular flexibility index (Phi) is 4.77. The molecule has 1 aliphatic rings. The zero-order valence-electron chi connectivity index (χ0n) is 7.88. The molecule has 0 spiro atoms. The molecule has 0 saturated heterocycles. The monoisotopic (exact) mass is 185 g/mol. The minimum absolute atomic E-state index is 0.337. The van der Waals surface area contributed by atoms with E-state index in [1.165, 1.54) is 37.9 Å². The first-order chi connectivity index (χ1) is 5.83. The molecule has 0 aliphatic heterocycles. The Morgan fingerprint density at radius 3 is 3.17 bits per heavy atom. The summed E-state index contributed by atoms with van der Waals surface area (Å²) < 4.78 is 0. The van der Waals surface area contributed by atoms with E-state index in [0.29, 0.717) is 6.04 Å². The Balaban J connectivity index is 2.37. The van der Waals surface area contributed by atoms with Gasteiger partial charge in [0.15, 0.2) is 0 Å². The lowest BCUT2D eigenvalue weighted by Crippen LogP contribution is -2.15. The highest BCUT2D eigenvalue weighted by atomic mass is 32.2. The maximum absolute atomic E-state index is 5.91. The highest BCUT2D eigenvalue weighted by molar-refractivity contribution is 7.98. The highest BCUT2D eigenvalue weighted by Crippen LogP contribution is 2.20. The van der Waals surface area contributed by atoms with E-state index in [4.69, 9.17) is 5.73 Å². The quantitative estimate of drug-likeness (QED) is 0.684. The summed E-state index contributed by atoms with van der Waals surface area (Å²) in [6.45, 7) is 0. The minimum Gasteiger partial charge on any atom is -0.324 e. The lowest BCUT2D eigenvalue weighted by molar-refractivity contribution is 0.654. The number of nitrogens with two attached hydrogens (primary N) is 1. The predicted octanol–water partition coefficient (Wildman–Crippen LogP) is 2.57. The second-order valence-corrected chi connectivity index (χ2v) is 4.46. The molecular weight excluding hydrogens is 166 g/mol. The van der Waals surface area contributed by atoms with Gasteiger partial charge in [-0.2, -0.15) is 11.8 Å². The Hall–Kier alpha value is 0.0500. The van der Waals surface area contributed by atoms with Crippen LogP contribution < -0.4 is 5.73 Å². The first kappa shape index (κ1) is 10.1. The van der Waals surface area contributed by atoms with Gasteiger partial charge in [-0.05, 0) is 37.7 Å². The Morgan fingerprint density at radius 1 is 1.58 bits per heavy atom. The summed E-state index contributed by atoms with van der Waals surface area (Å²) in [7, 11) is 0.